The Morgan fingerprint density at radius 3 is 2.47 bits per heavy atom. The molecule has 0 radical (unpaired) electrons. The lowest BCUT2D eigenvalue weighted by Crippen LogP contribution is -2.12. The molecular formula is C13H21NO. The van der Waals surface area contributed by atoms with Gasteiger partial charge in [-0.05, 0) is 51.5 Å². The van der Waals surface area contributed by atoms with E-state index >= 15 is 0 Å². The number of aryl methyl sites for hydroxylation is 1. The molecule has 0 atom stereocenters. The molecule has 0 aliphatic heterocycles. The van der Waals surface area contributed by atoms with E-state index in [2.05, 4.69) is 19.0 Å². The zero-order chi connectivity index (χ0) is 11.1. The minimum Gasteiger partial charge on any atom is -0.508 e. The highest BCUT2D eigenvalue weighted by molar-refractivity contribution is 5.31. The van der Waals surface area contributed by atoms with Gasteiger partial charge in [-0.25, -0.2) is 0 Å². The number of hydrogen-bond acceptors (Lipinski definition) is 2. The van der Waals surface area contributed by atoms with Gasteiger partial charge >= 0.3 is 0 Å². The molecule has 1 N–H and O–H groups in total. The SMILES string of the molecule is CN(C)CCCCCc1ccccc1O. The molecule has 2 heteroatoms. The predicted molar refractivity (Wildman–Crippen MR) is 64.2 cm³/mol. The van der Waals surface area contributed by atoms with Gasteiger partial charge in [-0.15, -0.1) is 0 Å². The van der Waals surface area contributed by atoms with Crippen LogP contribution in [-0.4, -0.2) is 30.6 Å². The van der Waals surface area contributed by atoms with Crippen molar-refractivity contribution in [1.29, 1.82) is 0 Å². The summed E-state index contributed by atoms with van der Waals surface area (Å²) in [4.78, 5) is 2.21. The quantitative estimate of drug-likeness (QED) is 0.725. The number of hydrogen-bond donors (Lipinski definition) is 1. The Hall–Kier alpha value is -1.02. The highest BCUT2D eigenvalue weighted by Crippen LogP contribution is 2.18. The monoisotopic (exact) mass is 207 g/mol. The first kappa shape index (κ1) is 12.1. The summed E-state index contributed by atoms with van der Waals surface area (Å²) in [6.45, 7) is 1.15. The standard InChI is InChI=1S/C13H21NO/c1-14(2)11-7-3-4-8-12-9-5-6-10-13(12)15/h5-6,9-10,15H,3-4,7-8,11H2,1-2H3. The van der Waals surface area contributed by atoms with E-state index in [1.54, 1.807) is 6.07 Å². The van der Waals surface area contributed by atoms with Crippen LogP contribution in [0.4, 0.5) is 0 Å². The maximum atomic E-state index is 9.55. The van der Waals surface area contributed by atoms with E-state index in [0.29, 0.717) is 5.75 Å². The van der Waals surface area contributed by atoms with Crippen molar-refractivity contribution in [2.45, 2.75) is 25.7 Å². The zero-order valence-electron chi connectivity index (χ0n) is 9.74. The van der Waals surface area contributed by atoms with Crippen LogP contribution < -0.4 is 0 Å². The first-order valence-electron chi connectivity index (χ1n) is 5.62. The van der Waals surface area contributed by atoms with Crippen LogP contribution in [0, 0.1) is 0 Å². The van der Waals surface area contributed by atoms with Crippen LogP contribution in [-0.2, 0) is 6.42 Å². The van der Waals surface area contributed by atoms with Crippen LogP contribution in [0.15, 0.2) is 24.3 Å². The van der Waals surface area contributed by atoms with Gasteiger partial charge in [-0.2, -0.15) is 0 Å². The van der Waals surface area contributed by atoms with E-state index in [-0.39, 0.29) is 0 Å². The Kier molecular flexibility index (Phi) is 5.19. The van der Waals surface area contributed by atoms with Crippen molar-refractivity contribution in [3.05, 3.63) is 29.8 Å². The highest BCUT2D eigenvalue weighted by atomic mass is 16.3. The average molecular weight is 207 g/mol. The molecule has 0 amide bonds. The van der Waals surface area contributed by atoms with E-state index in [9.17, 15) is 5.11 Å². The van der Waals surface area contributed by atoms with Gasteiger partial charge in [-0.3, -0.25) is 0 Å². The Morgan fingerprint density at radius 2 is 1.80 bits per heavy atom. The molecule has 2 nitrogen and oxygen atoms in total. The zero-order valence-corrected chi connectivity index (χ0v) is 9.74. The van der Waals surface area contributed by atoms with Gasteiger partial charge in [0.15, 0.2) is 0 Å². The molecule has 0 saturated heterocycles. The first-order valence-corrected chi connectivity index (χ1v) is 5.62. The molecule has 0 aromatic heterocycles. The maximum Gasteiger partial charge on any atom is 0.118 e. The van der Waals surface area contributed by atoms with Crippen molar-refractivity contribution >= 4 is 0 Å². The van der Waals surface area contributed by atoms with Gasteiger partial charge < -0.3 is 10.0 Å². The normalized spacial score (nSPS) is 10.9. The number of benzene rings is 1. The van der Waals surface area contributed by atoms with E-state index in [4.69, 9.17) is 0 Å². The lowest BCUT2D eigenvalue weighted by molar-refractivity contribution is 0.391. The molecular weight excluding hydrogens is 186 g/mol. The molecule has 0 bridgehead atoms. The second kappa shape index (κ2) is 6.46. The van der Waals surface area contributed by atoms with Crippen molar-refractivity contribution in [2.75, 3.05) is 20.6 Å². The summed E-state index contributed by atoms with van der Waals surface area (Å²) in [6, 6.07) is 7.61. The summed E-state index contributed by atoms with van der Waals surface area (Å²) >= 11 is 0. The number of para-hydroxylation sites is 1. The Morgan fingerprint density at radius 1 is 1.07 bits per heavy atom. The van der Waals surface area contributed by atoms with Crippen LogP contribution in [0.2, 0.25) is 0 Å². The topological polar surface area (TPSA) is 23.5 Å². The minimum atomic E-state index is 0.435. The Balaban J connectivity index is 2.18. The van der Waals surface area contributed by atoms with Crippen molar-refractivity contribution < 1.29 is 5.11 Å². The second-order valence-corrected chi connectivity index (χ2v) is 4.24. The molecule has 0 fully saturated rings. The van der Waals surface area contributed by atoms with E-state index in [1.807, 2.05) is 18.2 Å². The summed E-state index contributed by atoms with van der Waals surface area (Å²) in [7, 11) is 4.20. The number of unbranched alkanes of at least 4 members (excludes halogenated alkanes) is 2. The lowest BCUT2D eigenvalue weighted by Gasteiger charge is -2.08. The van der Waals surface area contributed by atoms with Crippen LogP contribution in [0.1, 0.15) is 24.8 Å². The van der Waals surface area contributed by atoms with Crippen LogP contribution in [0.25, 0.3) is 0 Å². The molecule has 0 saturated carbocycles. The number of nitrogens with zero attached hydrogens (tertiary/aromatic N) is 1. The third-order valence-corrected chi connectivity index (χ3v) is 2.54. The van der Waals surface area contributed by atoms with Gasteiger partial charge in [0, 0.05) is 0 Å². The minimum absolute atomic E-state index is 0.435. The third kappa shape index (κ3) is 4.84. The van der Waals surface area contributed by atoms with Crippen LogP contribution in [0.3, 0.4) is 0 Å². The van der Waals surface area contributed by atoms with E-state index < -0.39 is 0 Å². The van der Waals surface area contributed by atoms with Gasteiger partial charge in [0.1, 0.15) is 5.75 Å². The summed E-state index contributed by atoms with van der Waals surface area (Å²) < 4.78 is 0. The van der Waals surface area contributed by atoms with Crippen molar-refractivity contribution in [3.8, 4) is 5.75 Å². The molecule has 0 heterocycles. The molecule has 0 aliphatic carbocycles. The molecule has 0 aliphatic rings. The molecule has 84 valence electrons. The van der Waals surface area contributed by atoms with Gasteiger partial charge in [0.25, 0.3) is 0 Å². The highest BCUT2D eigenvalue weighted by Gasteiger charge is 1.99. The largest absolute Gasteiger partial charge is 0.508 e. The molecule has 1 rings (SSSR count). The van der Waals surface area contributed by atoms with Crippen molar-refractivity contribution in [3.63, 3.8) is 0 Å². The van der Waals surface area contributed by atoms with E-state index in [1.165, 1.54) is 12.8 Å². The number of phenols is 1. The Bertz CT molecular complexity index is 284. The van der Waals surface area contributed by atoms with Crippen molar-refractivity contribution in [2.24, 2.45) is 0 Å². The summed E-state index contributed by atoms with van der Waals surface area (Å²) in [5.41, 5.74) is 1.07. The molecule has 1 aromatic carbocycles. The first-order chi connectivity index (χ1) is 7.20. The Labute approximate surface area is 92.5 Å². The fraction of sp³-hybridized carbons (Fsp3) is 0.538. The van der Waals surface area contributed by atoms with Crippen LogP contribution >= 0.6 is 0 Å². The molecule has 15 heavy (non-hydrogen) atoms. The maximum absolute atomic E-state index is 9.55. The fourth-order valence-corrected chi connectivity index (χ4v) is 1.64. The molecule has 1 aromatic rings. The predicted octanol–water partition coefficient (Wildman–Crippen LogP) is 2.67. The van der Waals surface area contributed by atoms with Crippen molar-refractivity contribution in [1.82, 2.24) is 4.90 Å². The second-order valence-electron chi connectivity index (χ2n) is 4.24. The number of phenolic OH excluding ortho intramolecular Hbond substituents is 1. The number of aromatic hydroxyl groups is 1. The van der Waals surface area contributed by atoms with Gasteiger partial charge in [0.2, 0.25) is 0 Å². The summed E-state index contributed by atoms with van der Waals surface area (Å²) in [5.74, 6) is 0.435. The van der Waals surface area contributed by atoms with Gasteiger partial charge in [0.05, 0.1) is 0 Å². The van der Waals surface area contributed by atoms with Gasteiger partial charge in [-0.1, -0.05) is 24.6 Å². The smallest absolute Gasteiger partial charge is 0.118 e. The van der Waals surface area contributed by atoms with Crippen LogP contribution in [0.5, 0.6) is 5.75 Å². The fourth-order valence-electron chi connectivity index (χ4n) is 1.64. The summed E-state index contributed by atoms with van der Waals surface area (Å²) in [6.07, 6.45) is 4.61. The lowest BCUT2D eigenvalue weighted by atomic mass is 10.1. The summed E-state index contributed by atoms with van der Waals surface area (Å²) in [5, 5.41) is 9.55. The average Bonchev–Trinajstić information content (AvgIpc) is 2.20. The molecule has 0 spiro atoms. The third-order valence-electron chi connectivity index (χ3n) is 2.54. The van der Waals surface area contributed by atoms with E-state index in [0.717, 1.165) is 24.9 Å². The molecule has 0 unspecified atom stereocenters. The number of rotatable bonds is 6.